The average Bonchev–Trinajstić information content (AvgIpc) is 2.03. The summed E-state index contributed by atoms with van der Waals surface area (Å²) in [5.41, 5.74) is 1.91. The van der Waals surface area contributed by atoms with Crippen LogP contribution in [0.5, 0.6) is 0 Å². The van der Waals surface area contributed by atoms with Gasteiger partial charge in [-0.15, -0.1) is 0 Å². The summed E-state index contributed by atoms with van der Waals surface area (Å²) in [6, 6.07) is 7.61. The van der Waals surface area contributed by atoms with Crippen molar-refractivity contribution in [3.05, 3.63) is 35.4 Å². The zero-order valence-electron chi connectivity index (χ0n) is 7.92. The molecule has 0 aliphatic carbocycles. The molecule has 2 unspecified atom stereocenters. The molecule has 0 saturated carbocycles. The number of rotatable bonds is 2. The lowest BCUT2D eigenvalue weighted by Crippen LogP contribution is -1.99. The van der Waals surface area contributed by atoms with Gasteiger partial charge in [0, 0.05) is 0 Å². The van der Waals surface area contributed by atoms with Crippen LogP contribution in [0.1, 0.15) is 30.9 Å². The van der Waals surface area contributed by atoms with E-state index in [4.69, 9.17) is 0 Å². The first kappa shape index (κ1) is 11.1. The van der Waals surface area contributed by atoms with E-state index < -0.39 is 5.15 Å². The van der Waals surface area contributed by atoms with Crippen molar-refractivity contribution in [2.24, 2.45) is 0 Å². The summed E-state index contributed by atoms with van der Waals surface area (Å²) in [6.07, 6.45) is 0. The monoisotopic (exact) mass is 216 g/mol. The second-order valence-electron chi connectivity index (χ2n) is 3.54. The number of halogens is 1. The maximum absolute atomic E-state index is 13.4. The van der Waals surface area contributed by atoms with E-state index in [1.807, 2.05) is 24.3 Å². The maximum Gasteiger partial charge on any atom is 0.160 e. The fourth-order valence-corrected chi connectivity index (χ4v) is 1.51. The van der Waals surface area contributed by atoms with Crippen molar-refractivity contribution in [1.29, 1.82) is 0 Å². The SMILES string of the molecule is CC(C)c1ccc(C(F)(P)P)cc1. The minimum atomic E-state index is -1.39. The van der Waals surface area contributed by atoms with Crippen LogP contribution in [0.25, 0.3) is 0 Å². The second kappa shape index (κ2) is 4.03. The summed E-state index contributed by atoms with van der Waals surface area (Å²) in [6.45, 7) is 4.25. The predicted octanol–water partition coefficient (Wildman–Crippen LogP) is 3.64. The summed E-state index contributed by atoms with van der Waals surface area (Å²) >= 11 is 0. The first-order valence-corrected chi connectivity index (χ1v) is 5.44. The molecule has 0 amide bonds. The normalized spacial score (nSPS) is 12.2. The van der Waals surface area contributed by atoms with Crippen LogP contribution in [0.4, 0.5) is 4.39 Å². The molecule has 1 rings (SSSR count). The molecule has 0 radical (unpaired) electrons. The minimum absolute atomic E-state index is 0.497. The Balaban J connectivity index is 2.94. The van der Waals surface area contributed by atoms with Gasteiger partial charge in [0.1, 0.15) is 0 Å². The standard InChI is InChI=1S/C10H15FP2/c1-7(2)8-3-5-9(6-4-8)10(11,12)13/h3-7H,12-13H2,1-2H3. The van der Waals surface area contributed by atoms with E-state index in [0.717, 1.165) is 0 Å². The molecule has 0 spiro atoms. The molecule has 1 aromatic carbocycles. The number of benzene rings is 1. The van der Waals surface area contributed by atoms with Gasteiger partial charge in [-0.25, -0.2) is 4.39 Å². The largest absolute Gasteiger partial charge is 0.230 e. The zero-order valence-corrected chi connectivity index (χ0v) is 10.2. The molecular formula is C10H15FP2. The van der Waals surface area contributed by atoms with Crippen molar-refractivity contribution >= 4 is 18.5 Å². The van der Waals surface area contributed by atoms with Crippen LogP contribution in [0.2, 0.25) is 0 Å². The molecule has 13 heavy (non-hydrogen) atoms. The van der Waals surface area contributed by atoms with E-state index in [9.17, 15) is 4.39 Å². The second-order valence-corrected chi connectivity index (χ2v) is 5.89. The summed E-state index contributed by atoms with van der Waals surface area (Å²) < 4.78 is 13.4. The zero-order chi connectivity index (χ0) is 10.1. The van der Waals surface area contributed by atoms with Gasteiger partial charge in [-0.1, -0.05) is 56.6 Å². The molecule has 3 heteroatoms. The third-order valence-corrected chi connectivity index (χ3v) is 2.69. The quantitative estimate of drug-likeness (QED) is 0.662. The van der Waals surface area contributed by atoms with Gasteiger partial charge < -0.3 is 0 Å². The van der Waals surface area contributed by atoms with Crippen molar-refractivity contribution in [2.75, 3.05) is 0 Å². The molecule has 0 aliphatic rings. The molecule has 0 nitrogen and oxygen atoms in total. The Morgan fingerprint density at radius 3 is 1.92 bits per heavy atom. The van der Waals surface area contributed by atoms with Crippen molar-refractivity contribution in [3.63, 3.8) is 0 Å². The average molecular weight is 216 g/mol. The van der Waals surface area contributed by atoms with Gasteiger partial charge in [-0.05, 0) is 17.0 Å². The van der Waals surface area contributed by atoms with Crippen molar-refractivity contribution in [3.8, 4) is 0 Å². The van der Waals surface area contributed by atoms with Crippen LogP contribution in [0.3, 0.4) is 0 Å². The highest BCUT2D eigenvalue weighted by atomic mass is 31.1. The molecule has 0 aromatic heterocycles. The summed E-state index contributed by atoms with van der Waals surface area (Å²) in [5, 5.41) is -1.39. The third kappa shape index (κ3) is 3.01. The first-order valence-electron chi connectivity index (χ1n) is 4.28. The van der Waals surface area contributed by atoms with E-state index in [-0.39, 0.29) is 0 Å². The fourth-order valence-electron chi connectivity index (χ4n) is 1.12. The molecule has 72 valence electrons. The van der Waals surface area contributed by atoms with Gasteiger partial charge in [0.2, 0.25) is 0 Å². The lowest BCUT2D eigenvalue weighted by atomic mass is 10.0. The molecule has 0 N–H and O–H groups in total. The Labute approximate surface area is 83.7 Å². The van der Waals surface area contributed by atoms with Crippen LogP contribution in [0, 0.1) is 0 Å². The molecule has 0 aliphatic heterocycles. The number of hydrogen-bond donors (Lipinski definition) is 0. The molecular weight excluding hydrogens is 201 g/mol. The predicted molar refractivity (Wildman–Crippen MR) is 62.7 cm³/mol. The van der Waals surface area contributed by atoms with Crippen LogP contribution in [-0.2, 0) is 5.15 Å². The van der Waals surface area contributed by atoms with Crippen LogP contribution in [0.15, 0.2) is 24.3 Å². The minimum Gasteiger partial charge on any atom is -0.230 e. The Bertz CT molecular complexity index is 272. The Morgan fingerprint density at radius 2 is 1.62 bits per heavy atom. The lowest BCUT2D eigenvalue weighted by molar-refractivity contribution is 0.423. The Hall–Kier alpha value is 0.01000. The lowest BCUT2D eigenvalue weighted by Gasteiger charge is -2.15. The maximum atomic E-state index is 13.4. The van der Waals surface area contributed by atoms with Crippen molar-refractivity contribution in [2.45, 2.75) is 24.9 Å². The molecule has 2 atom stereocenters. The van der Waals surface area contributed by atoms with E-state index in [1.54, 1.807) is 0 Å². The van der Waals surface area contributed by atoms with E-state index >= 15 is 0 Å². The summed E-state index contributed by atoms with van der Waals surface area (Å²) in [5.74, 6) is 0.497. The topological polar surface area (TPSA) is 0 Å². The smallest absolute Gasteiger partial charge is 0.160 e. The van der Waals surface area contributed by atoms with E-state index in [0.29, 0.717) is 11.5 Å². The number of alkyl halides is 1. The highest BCUT2D eigenvalue weighted by molar-refractivity contribution is 7.38. The third-order valence-electron chi connectivity index (χ3n) is 2.02. The molecule has 0 bridgehead atoms. The highest BCUT2D eigenvalue weighted by Crippen LogP contribution is 2.40. The van der Waals surface area contributed by atoms with Crippen LogP contribution in [-0.4, -0.2) is 0 Å². The van der Waals surface area contributed by atoms with Crippen molar-refractivity contribution in [1.82, 2.24) is 0 Å². The fraction of sp³-hybridized carbons (Fsp3) is 0.400. The van der Waals surface area contributed by atoms with Crippen molar-refractivity contribution < 1.29 is 4.39 Å². The van der Waals surface area contributed by atoms with E-state index in [1.165, 1.54) is 5.56 Å². The van der Waals surface area contributed by atoms with Gasteiger partial charge in [-0.2, -0.15) is 0 Å². The summed E-state index contributed by atoms with van der Waals surface area (Å²) in [4.78, 5) is 0. The van der Waals surface area contributed by atoms with Gasteiger partial charge in [-0.3, -0.25) is 0 Å². The number of hydrogen-bond acceptors (Lipinski definition) is 0. The highest BCUT2D eigenvalue weighted by Gasteiger charge is 2.18. The first-order chi connectivity index (χ1) is 5.91. The molecule has 1 aromatic rings. The molecule has 0 fully saturated rings. The Kier molecular flexibility index (Phi) is 3.44. The van der Waals surface area contributed by atoms with Crippen LogP contribution < -0.4 is 0 Å². The van der Waals surface area contributed by atoms with Gasteiger partial charge in [0.15, 0.2) is 5.15 Å². The molecule has 0 heterocycles. The van der Waals surface area contributed by atoms with Gasteiger partial charge in [0.05, 0.1) is 0 Å². The van der Waals surface area contributed by atoms with E-state index in [2.05, 4.69) is 32.3 Å². The summed E-state index contributed by atoms with van der Waals surface area (Å²) in [7, 11) is 4.33. The molecule has 0 saturated heterocycles. The van der Waals surface area contributed by atoms with Gasteiger partial charge in [0.25, 0.3) is 0 Å². The van der Waals surface area contributed by atoms with Crippen LogP contribution >= 0.6 is 18.5 Å². The van der Waals surface area contributed by atoms with Gasteiger partial charge >= 0.3 is 0 Å². The Morgan fingerprint density at radius 1 is 1.15 bits per heavy atom.